The third kappa shape index (κ3) is 4.80. The van der Waals surface area contributed by atoms with Gasteiger partial charge in [0.1, 0.15) is 5.82 Å². The second-order valence-corrected chi connectivity index (χ2v) is 7.00. The summed E-state index contributed by atoms with van der Waals surface area (Å²) < 4.78 is 18.8. The van der Waals surface area contributed by atoms with Gasteiger partial charge in [0.25, 0.3) is 0 Å². The molecule has 0 spiro atoms. The first-order valence-electron chi connectivity index (χ1n) is 9.18. The molecular weight excluding hydrogens is 337 g/mol. The Bertz CT molecular complexity index is 653. The Morgan fingerprint density at radius 2 is 1.88 bits per heavy atom. The summed E-state index contributed by atoms with van der Waals surface area (Å²) in [5, 5.41) is 2.73. The van der Waals surface area contributed by atoms with Crippen molar-refractivity contribution in [2.75, 3.05) is 51.3 Å². The third-order valence-corrected chi connectivity index (χ3v) is 5.08. The Labute approximate surface area is 153 Å². The number of benzene rings is 1. The van der Waals surface area contributed by atoms with Crippen molar-refractivity contribution in [3.63, 3.8) is 0 Å². The van der Waals surface area contributed by atoms with Crippen molar-refractivity contribution < 1.29 is 18.7 Å². The fourth-order valence-corrected chi connectivity index (χ4v) is 3.45. The third-order valence-electron chi connectivity index (χ3n) is 5.08. The number of hydrogen-bond donors (Lipinski definition) is 1. The zero-order valence-electron chi connectivity index (χ0n) is 15.2. The number of amides is 2. The van der Waals surface area contributed by atoms with Gasteiger partial charge in [0.2, 0.25) is 11.8 Å². The Hall–Kier alpha value is -1.99. The fourth-order valence-electron chi connectivity index (χ4n) is 3.45. The van der Waals surface area contributed by atoms with E-state index in [1.165, 1.54) is 6.07 Å². The van der Waals surface area contributed by atoms with Crippen molar-refractivity contribution in [3.8, 4) is 0 Å². The molecule has 26 heavy (non-hydrogen) atoms. The average Bonchev–Trinajstić information content (AvgIpc) is 2.65. The number of ether oxygens (including phenoxy) is 1. The number of anilines is 1. The van der Waals surface area contributed by atoms with Gasteiger partial charge in [-0.05, 0) is 50.6 Å². The van der Waals surface area contributed by atoms with E-state index in [2.05, 4.69) is 5.32 Å². The molecule has 6 nitrogen and oxygen atoms in total. The molecule has 0 aliphatic carbocycles. The summed E-state index contributed by atoms with van der Waals surface area (Å²) in [6, 6.07) is 4.68. The van der Waals surface area contributed by atoms with Gasteiger partial charge in [-0.3, -0.25) is 14.5 Å². The van der Waals surface area contributed by atoms with Crippen LogP contribution in [0.3, 0.4) is 0 Å². The maximum Gasteiger partial charge on any atom is 0.238 e. The van der Waals surface area contributed by atoms with Crippen molar-refractivity contribution in [3.05, 3.63) is 29.6 Å². The average molecular weight is 363 g/mol. The van der Waals surface area contributed by atoms with Crippen LogP contribution in [0.25, 0.3) is 0 Å². The number of hydrogen-bond acceptors (Lipinski definition) is 4. The van der Waals surface area contributed by atoms with Crippen molar-refractivity contribution in [2.24, 2.45) is 5.92 Å². The molecule has 0 radical (unpaired) electrons. The van der Waals surface area contributed by atoms with E-state index in [9.17, 15) is 14.0 Å². The maximum atomic E-state index is 13.6. The monoisotopic (exact) mass is 363 g/mol. The van der Waals surface area contributed by atoms with E-state index in [1.807, 2.05) is 9.80 Å². The molecule has 1 aromatic carbocycles. The zero-order valence-corrected chi connectivity index (χ0v) is 15.2. The van der Waals surface area contributed by atoms with Crippen LogP contribution in [0.15, 0.2) is 18.2 Å². The lowest BCUT2D eigenvalue weighted by Gasteiger charge is -2.35. The molecular formula is C19H26FN3O3. The SMILES string of the molecule is Cc1ccc(NC(=O)CN2CCC(C(=O)N3CCOCC3)CC2)cc1F. The summed E-state index contributed by atoms with van der Waals surface area (Å²) in [6.45, 7) is 5.96. The van der Waals surface area contributed by atoms with Gasteiger partial charge in [-0.1, -0.05) is 6.07 Å². The Morgan fingerprint density at radius 1 is 1.19 bits per heavy atom. The number of piperidine rings is 1. The molecule has 2 fully saturated rings. The van der Waals surface area contributed by atoms with Crippen molar-refractivity contribution >= 4 is 17.5 Å². The van der Waals surface area contributed by atoms with Gasteiger partial charge >= 0.3 is 0 Å². The topological polar surface area (TPSA) is 61.9 Å². The highest BCUT2D eigenvalue weighted by Gasteiger charge is 2.29. The molecule has 1 N–H and O–H groups in total. The highest BCUT2D eigenvalue weighted by molar-refractivity contribution is 5.92. The number of carbonyl (C=O) groups is 2. The lowest BCUT2D eigenvalue weighted by molar-refractivity contribution is -0.141. The first-order chi connectivity index (χ1) is 12.5. The molecule has 0 atom stereocenters. The van der Waals surface area contributed by atoms with E-state index >= 15 is 0 Å². The first kappa shape index (κ1) is 18.8. The van der Waals surface area contributed by atoms with Gasteiger partial charge in [0, 0.05) is 24.7 Å². The lowest BCUT2D eigenvalue weighted by Crippen LogP contribution is -2.47. The van der Waals surface area contributed by atoms with Gasteiger partial charge in [-0.15, -0.1) is 0 Å². The summed E-state index contributed by atoms with van der Waals surface area (Å²) in [4.78, 5) is 28.6. The summed E-state index contributed by atoms with van der Waals surface area (Å²) in [5.74, 6) is -0.234. The second kappa shape index (κ2) is 8.60. The van der Waals surface area contributed by atoms with Crippen LogP contribution in [0.2, 0.25) is 0 Å². The highest BCUT2D eigenvalue weighted by atomic mass is 19.1. The van der Waals surface area contributed by atoms with Crippen LogP contribution in [0.5, 0.6) is 0 Å². The van der Waals surface area contributed by atoms with Crippen molar-refractivity contribution in [1.29, 1.82) is 0 Å². The van der Waals surface area contributed by atoms with Crippen LogP contribution in [0.1, 0.15) is 18.4 Å². The Balaban J connectivity index is 1.43. The summed E-state index contributed by atoms with van der Waals surface area (Å²) in [7, 11) is 0. The van der Waals surface area contributed by atoms with Gasteiger partial charge in [-0.2, -0.15) is 0 Å². The van der Waals surface area contributed by atoms with Gasteiger partial charge in [0.15, 0.2) is 0 Å². The predicted molar refractivity (Wildman–Crippen MR) is 96.3 cm³/mol. The second-order valence-electron chi connectivity index (χ2n) is 7.00. The number of carbonyl (C=O) groups excluding carboxylic acids is 2. The van der Waals surface area contributed by atoms with Crippen LogP contribution in [0.4, 0.5) is 10.1 Å². The fraction of sp³-hybridized carbons (Fsp3) is 0.579. The molecule has 0 saturated carbocycles. The van der Waals surface area contributed by atoms with E-state index in [0.29, 0.717) is 37.6 Å². The number of rotatable bonds is 4. The Kier molecular flexibility index (Phi) is 6.21. The van der Waals surface area contributed by atoms with Crippen molar-refractivity contribution in [1.82, 2.24) is 9.80 Å². The molecule has 7 heteroatoms. The van der Waals surface area contributed by atoms with Crippen LogP contribution < -0.4 is 5.32 Å². The smallest absolute Gasteiger partial charge is 0.238 e. The minimum absolute atomic E-state index is 0.0404. The van der Waals surface area contributed by atoms with Crippen LogP contribution in [-0.2, 0) is 14.3 Å². The summed E-state index contributed by atoms with van der Waals surface area (Å²) in [6.07, 6.45) is 1.53. The van der Waals surface area contributed by atoms with E-state index in [-0.39, 0.29) is 30.1 Å². The minimum Gasteiger partial charge on any atom is -0.378 e. The number of aryl methyl sites for hydroxylation is 1. The highest BCUT2D eigenvalue weighted by Crippen LogP contribution is 2.20. The standard InChI is InChI=1S/C19H26FN3O3/c1-14-2-3-16(12-17(14)20)21-18(24)13-22-6-4-15(5-7-22)19(25)23-8-10-26-11-9-23/h2-3,12,15H,4-11,13H2,1H3,(H,21,24). The van der Waals surface area contributed by atoms with Gasteiger partial charge < -0.3 is 15.0 Å². The molecule has 2 aliphatic rings. The van der Waals surface area contributed by atoms with E-state index in [4.69, 9.17) is 4.74 Å². The zero-order chi connectivity index (χ0) is 18.5. The molecule has 0 aromatic heterocycles. The minimum atomic E-state index is -0.328. The van der Waals surface area contributed by atoms with E-state index < -0.39 is 0 Å². The van der Waals surface area contributed by atoms with E-state index in [0.717, 1.165) is 25.9 Å². The molecule has 2 saturated heterocycles. The number of halogens is 1. The molecule has 2 amide bonds. The molecule has 1 aromatic rings. The lowest BCUT2D eigenvalue weighted by atomic mass is 9.95. The quantitative estimate of drug-likeness (QED) is 0.884. The predicted octanol–water partition coefficient (Wildman–Crippen LogP) is 1.64. The van der Waals surface area contributed by atoms with Gasteiger partial charge in [0.05, 0.1) is 19.8 Å². The van der Waals surface area contributed by atoms with Crippen molar-refractivity contribution in [2.45, 2.75) is 19.8 Å². The largest absolute Gasteiger partial charge is 0.378 e. The van der Waals surface area contributed by atoms with Crippen LogP contribution in [0, 0.1) is 18.7 Å². The van der Waals surface area contributed by atoms with Crippen LogP contribution >= 0.6 is 0 Å². The van der Waals surface area contributed by atoms with Gasteiger partial charge in [-0.25, -0.2) is 4.39 Å². The number of morpholine rings is 1. The molecule has 0 bridgehead atoms. The normalized spacial score (nSPS) is 19.4. The molecule has 2 heterocycles. The Morgan fingerprint density at radius 3 is 2.54 bits per heavy atom. The number of likely N-dealkylation sites (tertiary alicyclic amines) is 1. The first-order valence-corrected chi connectivity index (χ1v) is 9.18. The molecule has 3 rings (SSSR count). The number of nitrogens with zero attached hydrogens (tertiary/aromatic N) is 2. The molecule has 142 valence electrons. The summed E-state index contributed by atoms with van der Waals surface area (Å²) in [5.41, 5.74) is 1.02. The summed E-state index contributed by atoms with van der Waals surface area (Å²) >= 11 is 0. The maximum absolute atomic E-state index is 13.6. The van der Waals surface area contributed by atoms with E-state index in [1.54, 1.807) is 19.1 Å². The van der Waals surface area contributed by atoms with Crippen LogP contribution in [-0.4, -0.2) is 67.6 Å². The molecule has 2 aliphatic heterocycles. The number of nitrogens with one attached hydrogen (secondary N) is 1. The molecule has 0 unspecified atom stereocenters.